The lowest BCUT2D eigenvalue weighted by Crippen LogP contribution is -2.23. The summed E-state index contributed by atoms with van der Waals surface area (Å²) in [5.41, 5.74) is 3.22. The minimum absolute atomic E-state index is 0.143. The smallest absolute Gasteiger partial charge is 0.166 e. The van der Waals surface area contributed by atoms with Crippen LogP contribution in [0.25, 0.3) is 0 Å². The van der Waals surface area contributed by atoms with E-state index in [-0.39, 0.29) is 11.7 Å². The maximum atomic E-state index is 12.3. The van der Waals surface area contributed by atoms with Crippen LogP contribution in [0.4, 0.5) is 0 Å². The van der Waals surface area contributed by atoms with Crippen LogP contribution in [-0.4, -0.2) is 19.0 Å². The van der Waals surface area contributed by atoms with E-state index in [4.69, 9.17) is 9.47 Å². The van der Waals surface area contributed by atoms with Crippen molar-refractivity contribution >= 4 is 5.78 Å². The van der Waals surface area contributed by atoms with E-state index in [1.165, 1.54) is 11.1 Å². The summed E-state index contributed by atoms with van der Waals surface area (Å²) in [6, 6.07) is 5.96. The fourth-order valence-corrected chi connectivity index (χ4v) is 2.52. The standard InChI is InChI=1S/C14H16O3/c15-14(10-3-5-16-6-4-10)11-1-2-12-8-17-9-13(12)7-11/h1-2,7,10H,3-6,8-9H2. The van der Waals surface area contributed by atoms with Crippen LogP contribution in [0.2, 0.25) is 0 Å². The van der Waals surface area contributed by atoms with Gasteiger partial charge in [-0.3, -0.25) is 4.79 Å². The summed E-state index contributed by atoms with van der Waals surface area (Å²) < 4.78 is 10.7. The average molecular weight is 232 g/mol. The van der Waals surface area contributed by atoms with Crippen LogP contribution in [0.1, 0.15) is 34.3 Å². The molecule has 2 aliphatic heterocycles. The van der Waals surface area contributed by atoms with Crippen LogP contribution in [0.3, 0.4) is 0 Å². The predicted octanol–water partition coefficient (Wildman–Crippen LogP) is 2.33. The van der Waals surface area contributed by atoms with Crippen LogP contribution < -0.4 is 0 Å². The summed E-state index contributed by atoms with van der Waals surface area (Å²) in [7, 11) is 0. The Hall–Kier alpha value is -1.19. The molecule has 2 heterocycles. The van der Waals surface area contributed by atoms with Crippen molar-refractivity contribution in [3.8, 4) is 0 Å². The van der Waals surface area contributed by atoms with Crippen molar-refractivity contribution in [1.82, 2.24) is 0 Å². The number of Topliss-reactive ketones (excluding diaryl/α,β-unsaturated/α-hetero) is 1. The van der Waals surface area contributed by atoms with Gasteiger partial charge < -0.3 is 9.47 Å². The lowest BCUT2D eigenvalue weighted by atomic mass is 9.90. The topological polar surface area (TPSA) is 35.5 Å². The van der Waals surface area contributed by atoms with Gasteiger partial charge in [-0.25, -0.2) is 0 Å². The number of hydrogen-bond acceptors (Lipinski definition) is 3. The van der Waals surface area contributed by atoms with Crippen molar-refractivity contribution < 1.29 is 14.3 Å². The maximum Gasteiger partial charge on any atom is 0.166 e. The first-order chi connectivity index (χ1) is 8.34. The highest BCUT2D eigenvalue weighted by atomic mass is 16.5. The van der Waals surface area contributed by atoms with Crippen LogP contribution in [0, 0.1) is 5.92 Å². The zero-order chi connectivity index (χ0) is 11.7. The number of carbonyl (C=O) groups is 1. The molecule has 2 aliphatic rings. The molecule has 3 nitrogen and oxygen atoms in total. The quantitative estimate of drug-likeness (QED) is 0.734. The second kappa shape index (κ2) is 4.59. The Bertz CT molecular complexity index is 433. The van der Waals surface area contributed by atoms with Gasteiger partial charge >= 0.3 is 0 Å². The van der Waals surface area contributed by atoms with Crippen molar-refractivity contribution in [2.75, 3.05) is 13.2 Å². The van der Waals surface area contributed by atoms with Crippen LogP contribution in [0.5, 0.6) is 0 Å². The van der Waals surface area contributed by atoms with E-state index in [2.05, 4.69) is 0 Å². The third kappa shape index (κ3) is 2.13. The van der Waals surface area contributed by atoms with Crippen molar-refractivity contribution in [2.45, 2.75) is 26.1 Å². The van der Waals surface area contributed by atoms with Gasteiger partial charge in [0.2, 0.25) is 0 Å². The number of ketones is 1. The Labute approximate surface area is 101 Å². The Morgan fingerprint density at radius 3 is 2.65 bits per heavy atom. The molecule has 0 atom stereocenters. The molecule has 1 fully saturated rings. The van der Waals surface area contributed by atoms with Gasteiger partial charge in [-0.05, 0) is 30.0 Å². The van der Waals surface area contributed by atoms with Crippen molar-refractivity contribution in [2.24, 2.45) is 5.92 Å². The number of fused-ring (bicyclic) bond motifs is 1. The van der Waals surface area contributed by atoms with Gasteiger partial charge in [0.25, 0.3) is 0 Å². The van der Waals surface area contributed by atoms with Gasteiger partial charge in [-0.15, -0.1) is 0 Å². The first-order valence-corrected chi connectivity index (χ1v) is 6.16. The molecular weight excluding hydrogens is 216 g/mol. The summed E-state index contributed by atoms with van der Waals surface area (Å²) in [6.07, 6.45) is 1.71. The second-order valence-corrected chi connectivity index (χ2v) is 4.73. The zero-order valence-electron chi connectivity index (χ0n) is 9.78. The molecule has 90 valence electrons. The minimum atomic E-state index is 0.143. The van der Waals surface area contributed by atoms with E-state index in [1.807, 2.05) is 18.2 Å². The van der Waals surface area contributed by atoms with Crippen molar-refractivity contribution in [3.63, 3.8) is 0 Å². The fraction of sp³-hybridized carbons (Fsp3) is 0.500. The van der Waals surface area contributed by atoms with Gasteiger partial charge in [0.1, 0.15) is 0 Å². The van der Waals surface area contributed by atoms with Gasteiger partial charge in [-0.2, -0.15) is 0 Å². The highest BCUT2D eigenvalue weighted by molar-refractivity contribution is 5.98. The van der Waals surface area contributed by atoms with Gasteiger partial charge in [0, 0.05) is 24.7 Å². The number of hydrogen-bond donors (Lipinski definition) is 0. The largest absolute Gasteiger partial charge is 0.381 e. The molecule has 0 amide bonds. The highest BCUT2D eigenvalue weighted by Gasteiger charge is 2.23. The van der Waals surface area contributed by atoms with Crippen LogP contribution >= 0.6 is 0 Å². The monoisotopic (exact) mass is 232 g/mol. The lowest BCUT2D eigenvalue weighted by Gasteiger charge is -2.20. The second-order valence-electron chi connectivity index (χ2n) is 4.73. The predicted molar refractivity (Wildman–Crippen MR) is 62.8 cm³/mol. The molecule has 1 saturated heterocycles. The first-order valence-electron chi connectivity index (χ1n) is 6.16. The fourth-order valence-electron chi connectivity index (χ4n) is 2.52. The van der Waals surface area contributed by atoms with E-state index in [0.29, 0.717) is 26.4 Å². The average Bonchev–Trinajstić information content (AvgIpc) is 2.86. The molecule has 0 aromatic heterocycles. The van der Waals surface area contributed by atoms with E-state index in [9.17, 15) is 4.79 Å². The molecule has 3 heteroatoms. The summed E-state index contributed by atoms with van der Waals surface area (Å²) in [4.78, 5) is 12.3. The Morgan fingerprint density at radius 2 is 1.82 bits per heavy atom. The minimum Gasteiger partial charge on any atom is -0.381 e. The summed E-state index contributed by atoms with van der Waals surface area (Å²) in [6.45, 7) is 2.75. The number of benzene rings is 1. The van der Waals surface area contributed by atoms with E-state index < -0.39 is 0 Å². The third-order valence-corrected chi connectivity index (χ3v) is 3.60. The molecule has 0 spiro atoms. The maximum absolute atomic E-state index is 12.3. The first kappa shape index (κ1) is 10.9. The molecule has 0 N–H and O–H groups in total. The molecular formula is C14H16O3. The molecule has 17 heavy (non-hydrogen) atoms. The summed E-state index contributed by atoms with van der Waals surface area (Å²) in [5.74, 6) is 0.409. The van der Waals surface area contributed by atoms with Gasteiger partial charge in [0.15, 0.2) is 5.78 Å². The van der Waals surface area contributed by atoms with Crippen molar-refractivity contribution in [3.05, 3.63) is 34.9 Å². The highest BCUT2D eigenvalue weighted by Crippen LogP contribution is 2.25. The van der Waals surface area contributed by atoms with Crippen LogP contribution in [-0.2, 0) is 22.7 Å². The summed E-state index contributed by atoms with van der Waals surface area (Å²) >= 11 is 0. The SMILES string of the molecule is O=C(c1ccc2c(c1)COC2)C1CCOCC1. The molecule has 1 aromatic rings. The molecule has 0 unspecified atom stereocenters. The Morgan fingerprint density at radius 1 is 1.06 bits per heavy atom. The lowest BCUT2D eigenvalue weighted by molar-refractivity contribution is 0.0545. The summed E-state index contributed by atoms with van der Waals surface area (Å²) in [5, 5.41) is 0. The number of carbonyl (C=O) groups excluding carboxylic acids is 1. The number of ether oxygens (including phenoxy) is 2. The van der Waals surface area contributed by atoms with Gasteiger partial charge in [0.05, 0.1) is 13.2 Å². The third-order valence-electron chi connectivity index (χ3n) is 3.60. The van der Waals surface area contributed by atoms with E-state index >= 15 is 0 Å². The molecule has 1 aromatic carbocycles. The molecule has 0 aliphatic carbocycles. The van der Waals surface area contributed by atoms with Crippen molar-refractivity contribution in [1.29, 1.82) is 0 Å². The van der Waals surface area contributed by atoms with Crippen LogP contribution in [0.15, 0.2) is 18.2 Å². The molecule has 0 saturated carbocycles. The van der Waals surface area contributed by atoms with Gasteiger partial charge in [-0.1, -0.05) is 12.1 Å². The normalized spacial score (nSPS) is 20.2. The van der Waals surface area contributed by atoms with E-state index in [0.717, 1.165) is 18.4 Å². The van der Waals surface area contributed by atoms with E-state index in [1.54, 1.807) is 0 Å². The Balaban J connectivity index is 1.81. The number of rotatable bonds is 2. The Kier molecular flexibility index (Phi) is 2.95. The molecule has 0 radical (unpaired) electrons. The zero-order valence-corrected chi connectivity index (χ0v) is 9.78. The molecule has 3 rings (SSSR count). The molecule has 0 bridgehead atoms.